The number of nitrogens with two attached hydrogens (primary N) is 1. The fraction of sp³-hybridized carbons (Fsp3) is 0.350. The Morgan fingerprint density at radius 2 is 2.04 bits per heavy atom. The van der Waals surface area contributed by atoms with Crippen molar-refractivity contribution in [2.75, 3.05) is 5.73 Å². The number of nitrogen functional groups attached to an aromatic ring is 1. The Bertz CT molecular complexity index is 815. The SMILES string of the molecule is CC1(C)CC(NC(=O)C2Cc3ccccc3S2)c2cc(N)ccc2O1.Cl. The number of carbonyl (C=O) groups excluding carboxylic acids is 1. The van der Waals surface area contributed by atoms with Crippen molar-refractivity contribution in [3.63, 3.8) is 0 Å². The molecule has 0 saturated carbocycles. The lowest BCUT2D eigenvalue weighted by molar-refractivity contribution is -0.121. The van der Waals surface area contributed by atoms with Gasteiger partial charge in [-0.2, -0.15) is 0 Å². The molecule has 0 saturated heterocycles. The first kappa shape index (κ1) is 18.9. The van der Waals surface area contributed by atoms with E-state index in [4.69, 9.17) is 10.5 Å². The van der Waals surface area contributed by atoms with Crippen molar-refractivity contribution in [1.82, 2.24) is 5.32 Å². The Balaban J connectivity index is 0.00000196. The van der Waals surface area contributed by atoms with Gasteiger partial charge in [0.25, 0.3) is 0 Å². The molecule has 0 bridgehead atoms. The monoisotopic (exact) mass is 390 g/mol. The molecule has 2 aliphatic rings. The van der Waals surface area contributed by atoms with Gasteiger partial charge >= 0.3 is 0 Å². The van der Waals surface area contributed by atoms with E-state index in [1.54, 1.807) is 11.8 Å². The van der Waals surface area contributed by atoms with Crippen LogP contribution in [0.3, 0.4) is 0 Å². The van der Waals surface area contributed by atoms with Crippen LogP contribution in [-0.2, 0) is 11.2 Å². The van der Waals surface area contributed by atoms with Gasteiger partial charge in [-0.15, -0.1) is 24.2 Å². The minimum absolute atomic E-state index is 0. The summed E-state index contributed by atoms with van der Waals surface area (Å²) in [6.45, 7) is 4.09. The first-order valence-corrected chi connectivity index (χ1v) is 9.43. The van der Waals surface area contributed by atoms with E-state index in [1.807, 2.05) is 44.2 Å². The summed E-state index contributed by atoms with van der Waals surface area (Å²) in [6, 6.07) is 13.8. The highest BCUT2D eigenvalue weighted by molar-refractivity contribution is 8.01. The highest BCUT2D eigenvalue weighted by atomic mass is 35.5. The minimum atomic E-state index is -0.327. The minimum Gasteiger partial charge on any atom is -0.487 e. The summed E-state index contributed by atoms with van der Waals surface area (Å²) >= 11 is 1.65. The van der Waals surface area contributed by atoms with Crippen LogP contribution in [0.1, 0.15) is 37.4 Å². The van der Waals surface area contributed by atoms with Crippen molar-refractivity contribution < 1.29 is 9.53 Å². The summed E-state index contributed by atoms with van der Waals surface area (Å²) in [5.74, 6) is 0.885. The summed E-state index contributed by atoms with van der Waals surface area (Å²) < 4.78 is 6.05. The van der Waals surface area contributed by atoms with E-state index in [0.29, 0.717) is 5.69 Å². The van der Waals surface area contributed by atoms with E-state index in [9.17, 15) is 4.79 Å². The van der Waals surface area contributed by atoms with Gasteiger partial charge in [0.2, 0.25) is 5.91 Å². The second kappa shape index (κ2) is 7.05. The molecular weight excluding hydrogens is 368 g/mol. The van der Waals surface area contributed by atoms with Gasteiger partial charge in [-0.25, -0.2) is 0 Å². The molecule has 2 unspecified atom stereocenters. The predicted molar refractivity (Wildman–Crippen MR) is 108 cm³/mol. The third-order valence-corrected chi connectivity index (χ3v) is 6.06. The fourth-order valence-electron chi connectivity index (χ4n) is 3.59. The molecule has 0 radical (unpaired) electrons. The maximum atomic E-state index is 12.9. The molecular formula is C20H23ClN2O2S. The van der Waals surface area contributed by atoms with Crippen LogP contribution in [0.5, 0.6) is 5.75 Å². The molecule has 6 heteroatoms. The third kappa shape index (κ3) is 3.64. The van der Waals surface area contributed by atoms with E-state index >= 15 is 0 Å². The zero-order valence-electron chi connectivity index (χ0n) is 14.8. The molecule has 1 amide bonds. The average molecular weight is 391 g/mol. The lowest BCUT2D eigenvalue weighted by Gasteiger charge is -2.38. The van der Waals surface area contributed by atoms with E-state index in [0.717, 1.165) is 24.2 Å². The molecule has 0 fully saturated rings. The number of amides is 1. The summed E-state index contributed by atoms with van der Waals surface area (Å²) in [6.07, 6.45) is 1.50. The molecule has 26 heavy (non-hydrogen) atoms. The number of nitrogens with one attached hydrogen (secondary N) is 1. The molecule has 0 aliphatic carbocycles. The summed E-state index contributed by atoms with van der Waals surface area (Å²) in [5, 5.41) is 3.16. The standard InChI is InChI=1S/C20H22N2O2S.ClH/c1-20(2)11-15(14-10-13(21)7-8-16(14)24-20)22-19(23)18-9-12-5-3-4-6-17(12)25-18;/h3-8,10,15,18H,9,11,21H2,1-2H3,(H,22,23);1H. The predicted octanol–water partition coefficient (Wildman–Crippen LogP) is 4.13. The molecule has 4 rings (SSSR count). The zero-order valence-corrected chi connectivity index (χ0v) is 16.5. The number of ether oxygens (including phenoxy) is 1. The maximum absolute atomic E-state index is 12.9. The fourth-order valence-corrected chi connectivity index (χ4v) is 4.80. The highest BCUT2D eigenvalue weighted by Gasteiger charge is 2.36. The van der Waals surface area contributed by atoms with E-state index < -0.39 is 0 Å². The van der Waals surface area contributed by atoms with Crippen LogP contribution in [0.25, 0.3) is 0 Å². The molecule has 4 nitrogen and oxygen atoms in total. The van der Waals surface area contributed by atoms with Crippen molar-refractivity contribution >= 4 is 35.8 Å². The number of anilines is 1. The topological polar surface area (TPSA) is 64.4 Å². The number of rotatable bonds is 2. The largest absolute Gasteiger partial charge is 0.487 e. The average Bonchev–Trinajstić information content (AvgIpc) is 2.99. The van der Waals surface area contributed by atoms with Crippen LogP contribution in [0.15, 0.2) is 47.4 Å². The molecule has 2 aromatic rings. The van der Waals surface area contributed by atoms with Gasteiger partial charge < -0.3 is 15.8 Å². The van der Waals surface area contributed by atoms with Gasteiger partial charge in [0.05, 0.1) is 11.3 Å². The molecule has 2 heterocycles. The van der Waals surface area contributed by atoms with Crippen molar-refractivity contribution in [1.29, 1.82) is 0 Å². The number of fused-ring (bicyclic) bond motifs is 2. The summed E-state index contributed by atoms with van der Waals surface area (Å²) in [5.41, 5.74) is 8.53. The smallest absolute Gasteiger partial charge is 0.234 e. The quantitative estimate of drug-likeness (QED) is 0.757. The molecule has 0 aromatic heterocycles. The lowest BCUT2D eigenvalue weighted by Crippen LogP contribution is -2.43. The van der Waals surface area contributed by atoms with Gasteiger partial charge in [0, 0.05) is 22.6 Å². The van der Waals surface area contributed by atoms with Crippen LogP contribution >= 0.6 is 24.2 Å². The van der Waals surface area contributed by atoms with Gasteiger partial charge in [0.15, 0.2) is 0 Å². The van der Waals surface area contributed by atoms with Crippen LogP contribution in [-0.4, -0.2) is 16.8 Å². The molecule has 2 atom stereocenters. The molecule has 138 valence electrons. The van der Waals surface area contributed by atoms with Crippen LogP contribution < -0.4 is 15.8 Å². The Morgan fingerprint density at radius 1 is 1.27 bits per heavy atom. The molecule has 2 aromatic carbocycles. The first-order chi connectivity index (χ1) is 11.9. The van der Waals surface area contributed by atoms with E-state index in [1.165, 1.54) is 10.5 Å². The second-order valence-electron chi connectivity index (χ2n) is 7.34. The van der Waals surface area contributed by atoms with Crippen molar-refractivity contribution in [2.45, 2.75) is 48.5 Å². The molecule has 0 spiro atoms. The molecule has 2 aliphatic heterocycles. The summed E-state index contributed by atoms with van der Waals surface area (Å²) in [7, 11) is 0. The number of hydrogen-bond acceptors (Lipinski definition) is 4. The van der Waals surface area contributed by atoms with Gasteiger partial charge in [-0.1, -0.05) is 18.2 Å². The Kier molecular flexibility index (Phi) is 5.13. The lowest BCUT2D eigenvalue weighted by atomic mass is 9.89. The van der Waals surface area contributed by atoms with E-state index in [-0.39, 0.29) is 35.2 Å². The van der Waals surface area contributed by atoms with Crippen LogP contribution in [0, 0.1) is 0 Å². The van der Waals surface area contributed by atoms with Crippen LogP contribution in [0.2, 0.25) is 0 Å². The molecule has 3 N–H and O–H groups in total. The third-order valence-electron chi connectivity index (χ3n) is 4.75. The first-order valence-electron chi connectivity index (χ1n) is 8.55. The van der Waals surface area contributed by atoms with Gasteiger partial charge in [-0.3, -0.25) is 4.79 Å². The van der Waals surface area contributed by atoms with Crippen molar-refractivity contribution in [3.8, 4) is 5.75 Å². The van der Waals surface area contributed by atoms with E-state index in [2.05, 4.69) is 17.4 Å². The van der Waals surface area contributed by atoms with Crippen molar-refractivity contribution in [2.24, 2.45) is 0 Å². The van der Waals surface area contributed by atoms with Crippen molar-refractivity contribution in [3.05, 3.63) is 53.6 Å². The second-order valence-corrected chi connectivity index (χ2v) is 8.59. The number of benzene rings is 2. The Morgan fingerprint density at radius 3 is 2.81 bits per heavy atom. The Labute approximate surface area is 164 Å². The maximum Gasteiger partial charge on any atom is 0.234 e. The van der Waals surface area contributed by atoms with Crippen LogP contribution in [0.4, 0.5) is 5.69 Å². The normalized spacial score (nSPS) is 22.4. The highest BCUT2D eigenvalue weighted by Crippen LogP contribution is 2.41. The van der Waals surface area contributed by atoms with Gasteiger partial charge in [-0.05, 0) is 50.1 Å². The number of hydrogen-bond donors (Lipinski definition) is 2. The van der Waals surface area contributed by atoms with Gasteiger partial charge in [0.1, 0.15) is 11.4 Å². The number of halogens is 1. The number of carbonyl (C=O) groups is 1. The number of thioether (sulfide) groups is 1. The Hall–Kier alpha value is -1.85. The zero-order chi connectivity index (χ0) is 17.6. The summed E-state index contributed by atoms with van der Waals surface area (Å²) in [4.78, 5) is 14.1.